The summed E-state index contributed by atoms with van der Waals surface area (Å²) < 4.78 is 5.02. The first-order valence-corrected chi connectivity index (χ1v) is 19.7. The smallest absolute Gasteiger partial charge is 0.0974 e. The standard InChI is InChI=1S/C51H33N3S/c1-51(2)41-20-10-7-19-39(41)49-50(51)53-47(33-23-24-38-37-18-9-12-22-45(37)55-46(38)29-33)48(52-49)34-25-32-15-5-6-16-35(32)43(28-34)54-42-21-11-8-17-36(42)40-26-30-13-3-4-14-31(30)27-44(40)54/h3-29H,1-2H3. The molecule has 3 aromatic heterocycles. The molecule has 0 radical (unpaired) electrons. The van der Waals surface area contributed by atoms with Crippen molar-refractivity contribution < 1.29 is 0 Å². The second-order valence-electron chi connectivity index (χ2n) is 15.4. The van der Waals surface area contributed by atoms with Crippen molar-refractivity contribution in [3.05, 3.63) is 175 Å². The molecular weight excluding hydrogens is 687 g/mol. The third-order valence-corrected chi connectivity index (χ3v) is 13.0. The van der Waals surface area contributed by atoms with Crippen LogP contribution in [0.5, 0.6) is 0 Å². The largest absolute Gasteiger partial charge is 0.309 e. The summed E-state index contributed by atoms with van der Waals surface area (Å²) in [5, 5.41) is 9.89. The van der Waals surface area contributed by atoms with Gasteiger partial charge < -0.3 is 4.57 Å². The zero-order chi connectivity index (χ0) is 36.4. The van der Waals surface area contributed by atoms with E-state index < -0.39 is 0 Å². The molecule has 0 spiro atoms. The minimum Gasteiger partial charge on any atom is -0.309 e. The Morgan fingerprint density at radius 1 is 0.455 bits per heavy atom. The minimum absolute atomic E-state index is 0.284. The van der Waals surface area contributed by atoms with Crippen LogP contribution in [0, 0.1) is 0 Å². The summed E-state index contributed by atoms with van der Waals surface area (Å²) in [6, 6.07) is 59.8. The van der Waals surface area contributed by atoms with Gasteiger partial charge in [0.1, 0.15) is 0 Å². The van der Waals surface area contributed by atoms with E-state index in [0.29, 0.717) is 0 Å². The Bertz CT molecular complexity index is 3420. The fourth-order valence-corrected chi connectivity index (χ4v) is 10.4. The van der Waals surface area contributed by atoms with Gasteiger partial charge in [0.2, 0.25) is 0 Å². The lowest BCUT2D eigenvalue weighted by molar-refractivity contribution is 0.636. The van der Waals surface area contributed by atoms with E-state index in [1.165, 1.54) is 63.7 Å². The maximum atomic E-state index is 5.69. The van der Waals surface area contributed by atoms with E-state index in [4.69, 9.17) is 9.97 Å². The lowest BCUT2D eigenvalue weighted by Gasteiger charge is -2.21. The van der Waals surface area contributed by atoms with Gasteiger partial charge in [-0.2, -0.15) is 0 Å². The van der Waals surface area contributed by atoms with Crippen molar-refractivity contribution >= 4 is 74.9 Å². The molecule has 4 heteroatoms. The summed E-state index contributed by atoms with van der Waals surface area (Å²) in [6.07, 6.45) is 0. The quantitative estimate of drug-likeness (QED) is 0.182. The predicted octanol–water partition coefficient (Wildman–Crippen LogP) is 13.9. The molecule has 0 aliphatic heterocycles. The first-order valence-electron chi connectivity index (χ1n) is 18.9. The van der Waals surface area contributed by atoms with Gasteiger partial charge in [-0.1, -0.05) is 135 Å². The van der Waals surface area contributed by atoms with E-state index in [0.717, 1.165) is 50.5 Å². The van der Waals surface area contributed by atoms with E-state index >= 15 is 0 Å². The maximum absolute atomic E-state index is 5.69. The lowest BCUT2D eigenvalue weighted by Crippen LogP contribution is -2.17. The van der Waals surface area contributed by atoms with Crippen LogP contribution in [-0.2, 0) is 5.41 Å². The van der Waals surface area contributed by atoms with Crippen LogP contribution in [0.25, 0.3) is 103 Å². The molecule has 1 aliphatic rings. The molecule has 0 saturated heterocycles. The van der Waals surface area contributed by atoms with Gasteiger partial charge in [-0.25, -0.2) is 9.97 Å². The number of hydrogen-bond acceptors (Lipinski definition) is 3. The molecule has 11 aromatic rings. The molecule has 1 aliphatic carbocycles. The average Bonchev–Trinajstić information content (AvgIpc) is 3.83. The minimum atomic E-state index is -0.284. The second kappa shape index (κ2) is 11.2. The maximum Gasteiger partial charge on any atom is 0.0974 e. The van der Waals surface area contributed by atoms with Gasteiger partial charge in [0.05, 0.1) is 39.5 Å². The predicted molar refractivity (Wildman–Crippen MR) is 233 cm³/mol. The van der Waals surface area contributed by atoms with Gasteiger partial charge in [0.25, 0.3) is 0 Å². The Morgan fingerprint density at radius 2 is 1.13 bits per heavy atom. The van der Waals surface area contributed by atoms with Crippen LogP contribution >= 0.6 is 11.3 Å². The molecule has 0 fully saturated rings. The van der Waals surface area contributed by atoms with Crippen molar-refractivity contribution in [2.75, 3.05) is 0 Å². The van der Waals surface area contributed by atoms with Crippen LogP contribution in [0.15, 0.2) is 164 Å². The molecule has 55 heavy (non-hydrogen) atoms. The fraction of sp³-hybridized carbons (Fsp3) is 0.0588. The van der Waals surface area contributed by atoms with Crippen molar-refractivity contribution in [2.45, 2.75) is 19.3 Å². The molecule has 3 nitrogen and oxygen atoms in total. The average molecular weight is 720 g/mol. The first-order chi connectivity index (χ1) is 27.0. The van der Waals surface area contributed by atoms with Crippen LogP contribution in [0.3, 0.4) is 0 Å². The number of fused-ring (bicyclic) bond motifs is 11. The lowest BCUT2D eigenvalue weighted by atomic mass is 9.85. The molecule has 0 saturated carbocycles. The molecule has 0 unspecified atom stereocenters. The zero-order valence-electron chi connectivity index (χ0n) is 30.3. The molecule has 12 rings (SSSR count). The highest BCUT2D eigenvalue weighted by Gasteiger charge is 2.39. The van der Waals surface area contributed by atoms with E-state index in [9.17, 15) is 0 Å². The summed E-state index contributed by atoms with van der Waals surface area (Å²) in [5.74, 6) is 0. The molecule has 0 N–H and O–H groups in total. The molecule has 3 heterocycles. The molecule has 0 bridgehead atoms. The number of rotatable bonds is 3. The van der Waals surface area contributed by atoms with Crippen molar-refractivity contribution in [1.29, 1.82) is 0 Å². The summed E-state index contributed by atoms with van der Waals surface area (Å²) in [4.78, 5) is 11.4. The van der Waals surface area contributed by atoms with Crippen LogP contribution in [-0.4, -0.2) is 14.5 Å². The van der Waals surface area contributed by atoms with Gasteiger partial charge in [0, 0.05) is 58.4 Å². The second-order valence-corrected chi connectivity index (χ2v) is 16.5. The Morgan fingerprint density at radius 3 is 2.00 bits per heavy atom. The fourth-order valence-electron chi connectivity index (χ4n) is 9.22. The normalized spacial score (nSPS) is 13.4. The van der Waals surface area contributed by atoms with Crippen LogP contribution in [0.2, 0.25) is 0 Å². The number of thiophene rings is 1. The van der Waals surface area contributed by atoms with Crippen LogP contribution < -0.4 is 0 Å². The summed E-state index contributed by atoms with van der Waals surface area (Å²) in [7, 11) is 0. The SMILES string of the molecule is CC1(C)c2ccccc2-c2nc(-c3cc(-n4c5ccccc5c5cc6ccccc6cc54)c4ccccc4c3)c(-c3ccc4c(c3)sc3ccccc34)nc21. The number of nitrogens with zero attached hydrogens (tertiary/aromatic N) is 3. The highest BCUT2D eigenvalue weighted by molar-refractivity contribution is 7.25. The highest BCUT2D eigenvalue weighted by Crippen LogP contribution is 2.49. The Hall–Kier alpha value is -6.62. The molecule has 8 aromatic carbocycles. The van der Waals surface area contributed by atoms with E-state index in [1.807, 2.05) is 11.3 Å². The summed E-state index contributed by atoms with van der Waals surface area (Å²) >= 11 is 1.84. The first kappa shape index (κ1) is 30.8. The van der Waals surface area contributed by atoms with E-state index in [2.05, 4.69) is 182 Å². The van der Waals surface area contributed by atoms with Gasteiger partial charge in [-0.3, -0.25) is 0 Å². The number of para-hydroxylation sites is 1. The number of benzene rings is 8. The van der Waals surface area contributed by atoms with E-state index in [-0.39, 0.29) is 5.41 Å². The number of aromatic nitrogens is 3. The molecule has 0 amide bonds. The highest BCUT2D eigenvalue weighted by atomic mass is 32.1. The summed E-state index contributed by atoms with van der Waals surface area (Å²) in [5.41, 5.74) is 11.6. The molecular formula is C51H33N3S. The van der Waals surface area contributed by atoms with Crippen molar-refractivity contribution in [3.63, 3.8) is 0 Å². The van der Waals surface area contributed by atoms with Crippen molar-refractivity contribution in [2.24, 2.45) is 0 Å². The van der Waals surface area contributed by atoms with Gasteiger partial charge >= 0.3 is 0 Å². The topological polar surface area (TPSA) is 30.7 Å². The van der Waals surface area contributed by atoms with Gasteiger partial charge in [-0.05, 0) is 64.2 Å². The van der Waals surface area contributed by atoms with E-state index in [1.54, 1.807) is 0 Å². The van der Waals surface area contributed by atoms with Gasteiger partial charge in [0.15, 0.2) is 0 Å². The molecule has 0 atom stereocenters. The monoisotopic (exact) mass is 719 g/mol. The Labute approximate surface area is 321 Å². The van der Waals surface area contributed by atoms with Crippen LogP contribution in [0.1, 0.15) is 25.1 Å². The molecule has 258 valence electrons. The number of hydrogen-bond donors (Lipinski definition) is 0. The van der Waals surface area contributed by atoms with Gasteiger partial charge in [-0.15, -0.1) is 11.3 Å². The Balaban J connectivity index is 1.18. The summed E-state index contributed by atoms with van der Waals surface area (Å²) in [6.45, 7) is 4.57. The third kappa shape index (κ3) is 4.37. The Kier molecular flexibility index (Phi) is 6.27. The zero-order valence-corrected chi connectivity index (χ0v) is 31.2. The third-order valence-electron chi connectivity index (χ3n) is 11.9. The van der Waals surface area contributed by atoms with Crippen molar-refractivity contribution in [1.82, 2.24) is 14.5 Å². The van der Waals surface area contributed by atoms with Crippen LogP contribution in [0.4, 0.5) is 0 Å². The van der Waals surface area contributed by atoms with Crippen molar-refractivity contribution in [3.8, 4) is 39.5 Å².